The van der Waals surface area contributed by atoms with Gasteiger partial charge < -0.3 is 22.1 Å². The van der Waals surface area contributed by atoms with E-state index in [0.29, 0.717) is 5.56 Å². The van der Waals surface area contributed by atoms with Crippen LogP contribution in [0.5, 0.6) is 0 Å². The standard InChI is InChI=1S/C12H14N4O3S/c13-9(17)5-16(6-10(14)18)12(19)8-3-1-7(2-4-8)11(15)20/h1-4H,5-6H2,(H2,13,17)(H2,14,18)(H2,15,20). The van der Waals surface area contributed by atoms with Crippen molar-refractivity contribution in [3.8, 4) is 0 Å². The highest BCUT2D eigenvalue weighted by Gasteiger charge is 2.19. The molecule has 0 spiro atoms. The van der Waals surface area contributed by atoms with E-state index >= 15 is 0 Å². The summed E-state index contributed by atoms with van der Waals surface area (Å²) >= 11 is 4.80. The Morgan fingerprint density at radius 2 is 1.30 bits per heavy atom. The molecule has 0 atom stereocenters. The molecule has 0 heterocycles. The molecular weight excluding hydrogens is 280 g/mol. The Balaban J connectivity index is 2.95. The van der Waals surface area contributed by atoms with Crippen LogP contribution in [0, 0.1) is 0 Å². The zero-order chi connectivity index (χ0) is 15.3. The first kappa shape index (κ1) is 15.6. The average Bonchev–Trinajstić information content (AvgIpc) is 2.36. The number of thiocarbonyl (C=S) groups is 1. The molecule has 0 radical (unpaired) electrons. The molecule has 3 amide bonds. The fourth-order valence-corrected chi connectivity index (χ4v) is 1.67. The molecule has 106 valence electrons. The van der Waals surface area contributed by atoms with Gasteiger partial charge in [0.2, 0.25) is 11.8 Å². The number of hydrogen-bond donors (Lipinski definition) is 3. The van der Waals surface area contributed by atoms with Gasteiger partial charge in [0.25, 0.3) is 5.91 Å². The Bertz CT molecular complexity index is 540. The minimum absolute atomic E-state index is 0.204. The number of hydrogen-bond acceptors (Lipinski definition) is 4. The lowest BCUT2D eigenvalue weighted by Gasteiger charge is -2.19. The highest BCUT2D eigenvalue weighted by Crippen LogP contribution is 2.08. The van der Waals surface area contributed by atoms with Gasteiger partial charge in [0.15, 0.2) is 0 Å². The first-order valence-electron chi connectivity index (χ1n) is 5.57. The second-order valence-corrected chi connectivity index (χ2v) is 4.48. The number of rotatable bonds is 6. The van der Waals surface area contributed by atoms with Gasteiger partial charge in [-0.1, -0.05) is 24.4 Å². The number of carbonyl (C=O) groups is 3. The zero-order valence-corrected chi connectivity index (χ0v) is 11.4. The van der Waals surface area contributed by atoms with E-state index in [9.17, 15) is 14.4 Å². The predicted molar refractivity (Wildman–Crippen MR) is 76.6 cm³/mol. The molecule has 20 heavy (non-hydrogen) atoms. The van der Waals surface area contributed by atoms with Gasteiger partial charge in [0.05, 0.1) is 0 Å². The second kappa shape index (κ2) is 6.62. The lowest BCUT2D eigenvalue weighted by Crippen LogP contribution is -2.43. The first-order chi connectivity index (χ1) is 9.31. The fourth-order valence-electron chi connectivity index (χ4n) is 1.54. The third kappa shape index (κ3) is 4.32. The SMILES string of the molecule is NC(=O)CN(CC(N)=O)C(=O)c1ccc(C(N)=S)cc1. The molecule has 0 fully saturated rings. The summed E-state index contributed by atoms with van der Waals surface area (Å²) < 4.78 is 0. The van der Waals surface area contributed by atoms with Crippen LogP contribution in [0.2, 0.25) is 0 Å². The maximum absolute atomic E-state index is 12.1. The number of nitrogens with two attached hydrogens (primary N) is 3. The molecule has 0 aromatic heterocycles. The molecule has 0 saturated heterocycles. The molecule has 7 nitrogen and oxygen atoms in total. The molecule has 6 N–H and O–H groups in total. The molecule has 0 aliphatic carbocycles. The van der Waals surface area contributed by atoms with Gasteiger partial charge in [0, 0.05) is 11.1 Å². The molecule has 8 heteroatoms. The summed E-state index contributed by atoms with van der Waals surface area (Å²) in [6.07, 6.45) is 0. The van der Waals surface area contributed by atoms with E-state index in [-0.39, 0.29) is 10.6 Å². The van der Waals surface area contributed by atoms with Crippen molar-refractivity contribution in [3.05, 3.63) is 35.4 Å². The molecule has 1 aromatic carbocycles. The van der Waals surface area contributed by atoms with Crippen LogP contribution in [0.15, 0.2) is 24.3 Å². The molecular formula is C12H14N4O3S. The lowest BCUT2D eigenvalue weighted by molar-refractivity contribution is -0.121. The third-order valence-electron chi connectivity index (χ3n) is 2.40. The van der Waals surface area contributed by atoms with E-state index in [1.165, 1.54) is 12.1 Å². The Morgan fingerprint density at radius 1 is 0.900 bits per heavy atom. The largest absolute Gasteiger partial charge is 0.389 e. The minimum atomic E-state index is -0.737. The van der Waals surface area contributed by atoms with Gasteiger partial charge in [0.1, 0.15) is 18.1 Å². The molecule has 1 rings (SSSR count). The van der Waals surface area contributed by atoms with Gasteiger partial charge >= 0.3 is 0 Å². The Morgan fingerprint density at radius 3 is 1.65 bits per heavy atom. The van der Waals surface area contributed by atoms with E-state index in [0.717, 1.165) is 4.90 Å². The van der Waals surface area contributed by atoms with Crippen molar-refractivity contribution in [3.63, 3.8) is 0 Å². The van der Waals surface area contributed by atoms with Crippen LogP contribution in [-0.4, -0.2) is 40.7 Å². The van der Waals surface area contributed by atoms with E-state index in [2.05, 4.69) is 0 Å². The fraction of sp³-hybridized carbons (Fsp3) is 0.167. The first-order valence-corrected chi connectivity index (χ1v) is 5.98. The van der Waals surface area contributed by atoms with E-state index in [1.807, 2.05) is 0 Å². The van der Waals surface area contributed by atoms with Crippen LogP contribution >= 0.6 is 12.2 Å². The van der Waals surface area contributed by atoms with Crippen LogP contribution in [0.4, 0.5) is 0 Å². The number of primary amides is 2. The quantitative estimate of drug-likeness (QED) is 0.563. The van der Waals surface area contributed by atoms with Crippen molar-refractivity contribution in [1.82, 2.24) is 4.90 Å². The van der Waals surface area contributed by atoms with Crippen molar-refractivity contribution < 1.29 is 14.4 Å². The zero-order valence-electron chi connectivity index (χ0n) is 10.5. The minimum Gasteiger partial charge on any atom is -0.389 e. The van der Waals surface area contributed by atoms with E-state index in [4.69, 9.17) is 29.4 Å². The molecule has 0 aliphatic heterocycles. The van der Waals surface area contributed by atoms with Crippen molar-refractivity contribution in [2.75, 3.05) is 13.1 Å². The Hall–Kier alpha value is -2.48. The van der Waals surface area contributed by atoms with Crippen molar-refractivity contribution >= 4 is 34.9 Å². The number of carbonyl (C=O) groups excluding carboxylic acids is 3. The summed E-state index contributed by atoms with van der Waals surface area (Å²) in [7, 11) is 0. The van der Waals surface area contributed by atoms with Gasteiger partial charge in [-0.25, -0.2) is 0 Å². The highest BCUT2D eigenvalue weighted by atomic mass is 32.1. The van der Waals surface area contributed by atoms with E-state index in [1.54, 1.807) is 12.1 Å². The van der Waals surface area contributed by atoms with E-state index < -0.39 is 30.8 Å². The predicted octanol–water partition coefficient (Wildman–Crippen LogP) is -1.27. The van der Waals surface area contributed by atoms with Crippen LogP contribution in [0.1, 0.15) is 15.9 Å². The summed E-state index contributed by atoms with van der Waals surface area (Å²) in [4.78, 5) is 35.1. The molecule has 0 unspecified atom stereocenters. The third-order valence-corrected chi connectivity index (χ3v) is 2.63. The molecule has 0 aliphatic rings. The maximum Gasteiger partial charge on any atom is 0.254 e. The van der Waals surface area contributed by atoms with Crippen LogP contribution < -0.4 is 17.2 Å². The second-order valence-electron chi connectivity index (χ2n) is 4.04. The molecule has 0 bridgehead atoms. The summed E-state index contributed by atoms with van der Waals surface area (Å²) in [6, 6.07) is 6.13. The van der Waals surface area contributed by atoms with Gasteiger partial charge in [-0.05, 0) is 12.1 Å². The lowest BCUT2D eigenvalue weighted by atomic mass is 10.1. The normalized spacial score (nSPS) is 9.80. The highest BCUT2D eigenvalue weighted by molar-refractivity contribution is 7.80. The monoisotopic (exact) mass is 294 g/mol. The Labute approximate surface area is 120 Å². The maximum atomic E-state index is 12.1. The van der Waals surface area contributed by atoms with Crippen molar-refractivity contribution in [2.24, 2.45) is 17.2 Å². The van der Waals surface area contributed by atoms with Crippen LogP contribution in [0.3, 0.4) is 0 Å². The topological polar surface area (TPSA) is 133 Å². The molecule has 0 saturated carbocycles. The average molecular weight is 294 g/mol. The number of amides is 3. The molecule has 1 aromatic rings. The number of benzene rings is 1. The summed E-state index contributed by atoms with van der Waals surface area (Å²) in [5, 5.41) is 0. The van der Waals surface area contributed by atoms with Crippen LogP contribution in [0.25, 0.3) is 0 Å². The van der Waals surface area contributed by atoms with Crippen molar-refractivity contribution in [2.45, 2.75) is 0 Å². The van der Waals surface area contributed by atoms with Gasteiger partial charge in [-0.3, -0.25) is 14.4 Å². The van der Waals surface area contributed by atoms with Crippen LogP contribution in [-0.2, 0) is 9.59 Å². The number of nitrogens with zero attached hydrogens (tertiary/aromatic N) is 1. The summed E-state index contributed by atoms with van der Waals surface area (Å²) in [5.74, 6) is -2.00. The van der Waals surface area contributed by atoms with Gasteiger partial charge in [-0.2, -0.15) is 0 Å². The van der Waals surface area contributed by atoms with Gasteiger partial charge in [-0.15, -0.1) is 0 Å². The summed E-state index contributed by atoms with van der Waals surface area (Å²) in [6.45, 7) is -0.780. The smallest absolute Gasteiger partial charge is 0.254 e. The van der Waals surface area contributed by atoms with Crippen molar-refractivity contribution in [1.29, 1.82) is 0 Å². The summed E-state index contributed by atoms with van der Waals surface area (Å²) in [5.41, 5.74) is 16.4. The Kier molecular flexibility index (Phi) is 5.15.